The monoisotopic (exact) mass is 179 g/mol. The molecule has 3 unspecified atom stereocenters. The second-order valence-electron chi connectivity index (χ2n) is 4.21. The zero-order chi connectivity index (χ0) is 9.68. The molecule has 74 valence electrons. The van der Waals surface area contributed by atoms with Crippen LogP contribution in [0.1, 0.15) is 39.5 Å². The summed E-state index contributed by atoms with van der Waals surface area (Å²) < 4.78 is 0. The number of terminal acetylenes is 1. The van der Waals surface area contributed by atoms with Gasteiger partial charge < -0.3 is 5.32 Å². The van der Waals surface area contributed by atoms with Crippen LogP contribution in [0.2, 0.25) is 0 Å². The lowest BCUT2D eigenvalue weighted by Crippen LogP contribution is -2.36. The summed E-state index contributed by atoms with van der Waals surface area (Å²) in [5.41, 5.74) is 0. The Hall–Kier alpha value is -0.480. The standard InChI is InChI=1S/C12H21N/c1-4-6-11-9-12(13-5-2)8-7-10(11)3/h1,10-13H,5-9H2,2-3H3. The quantitative estimate of drug-likeness (QED) is 0.656. The Morgan fingerprint density at radius 3 is 2.85 bits per heavy atom. The fraction of sp³-hybridized carbons (Fsp3) is 0.833. The maximum absolute atomic E-state index is 5.37. The lowest BCUT2D eigenvalue weighted by Gasteiger charge is -2.33. The number of hydrogen-bond donors (Lipinski definition) is 1. The molecular weight excluding hydrogens is 158 g/mol. The molecule has 13 heavy (non-hydrogen) atoms. The largest absolute Gasteiger partial charge is 0.314 e. The van der Waals surface area contributed by atoms with Crippen molar-refractivity contribution in [3.63, 3.8) is 0 Å². The lowest BCUT2D eigenvalue weighted by atomic mass is 9.76. The lowest BCUT2D eigenvalue weighted by molar-refractivity contribution is 0.216. The summed E-state index contributed by atoms with van der Waals surface area (Å²) in [5.74, 6) is 4.38. The summed E-state index contributed by atoms with van der Waals surface area (Å²) in [5, 5.41) is 3.52. The summed E-state index contributed by atoms with van der Waals surface area (Å²) in [4.78, 5) is 0. The van der Waals surface area contributed by atoms with Gasteiger partial charge >= 0.3 is 0 Å². The highest BCUT2D eigenvalue weighted by atomic mass is 14.9. The Bertz CT molecular complexity index is 180. The Kier molecular flexibility index (Phi) is 4.32. The van der Waals surface area contributed by atoms with Crippen LogP contribution >= 0.6 is 0 Å². The summed E-state index contributed by atoms with van der Waals surface area (Å²) in [6.07, 6.45) is 10.3. The first-order valence-electron chi connectivity index (χ1n) is 5.44. The topological polar surface area (TPSA) is 12.0 Å². The summed E-state index contributed by atoms with van der Waals surface area (Å²) in [6, 6.07) is 0.722. The minimum absolute atomic E-state index is 0.722. The second kappa shape index (κ2) is 5.29. The molecule has 1 saturated carbocycles. The van der Waals surface area contributed by atoms with Crippen LogP contribution in [-0.4, -0.2) is 12.6 Å². The molecule has 0 aliphatic heterocycles. The number of rotatable bonds is 3. The van der Waals surface area contributed by atoms with Gasteiger partial charge in [-0.25, -0.2) is 0 Å². The number of hydrogen-bond acceptors (Lipinski definition) is 1. The van der Waals surface area contributed by atoms with Crippen LogP contribution in [0, 0.1) is 24.2 Å². The molecule has 0 aromatic heterocycles. The average molecular weight is 179 g/mol. The van der Waals surface area contributed by atoms with Crippen LogP contribution in [0.4, 0.5) is 0 Å². The zero-order valence-electron chi connectivity index (χ0n) is 8.84. The van der Waals surface area contributed by atoms with Crippen LogP contribution in [0.15, 0.2) is 0 Å². The molecule has 0 aromatic carbocycles. The van der Waals surface area contributed by atoms with Gasteiger partial charge in [-0.05, 0) is 37.6 Å². The Morgan fingerprint density at radius 2 is 2.23 bits per heavy atom. The molecule has 1 aliphatic rings. The first-order chi connectivity index (χ1) is 6.27. The normalized spacial score (nSPS) is 34.1. The first-order valence-corrected chi connectivity index (χ1v) is 5.44. The van der Waals surface area contributed by atoms with Crippen molar-refractivity contribution in [1.82, 2.24) is 5.32 Å². The average Bonchev–Trinajstić information content (AvgIpc) is 2.12. The molecule has 0 heterocycles. The van der Waals surface area contributed by atoms with E-state index >= 15 is 0 Å². The molecule has 0 saturated heterocycles. The molecule has 1 fully saturated rings. The van der Waals surface area contributed by atoms with Gasteiger partial charge in [0.1, 0.15) is 0 Å². The van der Waals surface area contributed by atoms with E-state index in [4.69, 9.17) is 6.42 Å². The Balaban J connectivity index is 2.39. The van der Waals surface area contributed by atoms with Gasteiger partial charge in [0.25, 0.3) is 0 Å². The van der Waals surface area contributed by atoms with E-state index in [0.29, 0.717) is 0 Å². The summed E-state index contributed by atoms with van der Waals surface area (Å²) in [6.45, 7) is 5.60. The van der Waals surface area contributed by atoms with E-state index in [9.17, 15) is 0 Å². The highest BCUT2D eigenvalue weighted by Gasteiger charge is 2.26. The smallest absolute Gasteiger partial charge is 0.0117 e. The third-order valence-corrected chi connectivity index (χ3v) is 3.24. The molecule has 3 atom stereocenters. The van der Waals surface area contributed by atoms with Crippen LogP contribution in [0.3, 0.4) is 0 Å². The predicted octanol–water partition coefficient (Wildman–Crippen LogP) is 2.42. The van der Waals surface area contributed by atoms with Crippen molar-refractivity contribution >= 4 is 0 Å². The van der Waals surface area contributed by atoms with Gasteiger partial charge in [-0.3, -0.25) is 0 Å². The molecular formula is C12H21N. The Morgan fingerprint density at radius 1 is 1.46 bits per heavy atom. The van der Waals surface area contributed by atoms with Crippen molar-refractivity contribution in [2.45, 2.75) is 45.6 Å². The van der Waals surface area contributed by atoms with Gasteiger partial charge in [-0.2, -0.15) is 0 Å². The molecule has 1 rings (SSSR count). The van der Waals surface area contributed by atoms with Crippen molar-refractivity contribution in [1.29, 1.82) is 0 Å². The molecule has 1 heteroatoms. The molecule has 1 aliphatic carbocycles. The molecule has 0 bridgehead atoms. The maximum Gasteiger partial charge on any atom is 0.0117 e. The third kappa shape index (κ3) is 3.04. The van der Waals surface area contributed by atoms with Crippen molar-refractivity contribution < 1.29 is 0 Å². The summed E-state index contributed by atoms with van der Waals surface area (Å²) in [7, 11) is 0. The Labute approximate surface area is 82.3 Å². The van der Waals surface area contributed by atoms with Gasteiger partial charge in [0.2, 0.25) is 0 Å². The van der Waals surface area contributed by atoms with Crippen LogP contribution in [0.5, 0.6) is 0 Å². The van der Waals surface area contributed by atoms with Crippen LogP contribution in [0.25, 0.3) is 0 Å². The molecule has 0 aromatic rings. The van der Waals surface area contributed by atoms with E-state index in [2.05, 4.69) is 25.1 Å². The van der Waals surface area contributed by atoms with Crippen LogP contribution < -0.4 is 5.32 Å². The first kappa shape index (κ1) is 10.6. The zero-order valence-corrected chi connectivity index (χ0v) is 8.84. The highest BCUT2D eigenvalue weighted by Crippen LogP contribution is 2.31. The van der Waals surface area contributed by atoms with Crippen molar-refractivity contribution in [2.75, 3.05) is 6.54 Å². The maximum atomic E-state index is 5.37. The van der Waals surface area contributed by atoms with Gasteiger partial charge in [0, 0.05) is 12.5 Å². The van der Waals surface area contributed by atoms with Crippen molar-refractivity contribution in [2.24, 2.45) is 11.8 Å². The predicted molar refractivity (Wildman–Crippen MR) is 57.4 cm³/mol. The fourth-order valence-corrected chi connectivity index (χ4v) is 2.33. The molecule has 1 nitrogen and oxygen atoms in total. The number of nitrogens with one attached hydrogen (secondary N) is 1. The van der Waals surface area contributed by atoms with E-state index < -0.39 is 0 Å². The van der Waals surface area contributed by atoms with Gasteiger partial charge in [0.05, 0.1) is 0 Å². The van der Waals surface area contributed by atoms with Gasteiger partial charge in [-0.1, -0.05) is 13.8 Å². The van der Waals surface area contributed by atoms with E-state index in [1.807, 2.05) is 0 Å². The summed E-state index contributed by atoms with van der Waals surface area (Å²) >= 11 is 0. The van der Waals surface area contributed by atoms with E-state index in [1.54, 1.807) is 0 Å². The van der Waals surface area contributed by atoms with E-state index in [-0.39, 0.29) is 0 Å². The third-order valence-electron chi connectivity index (χ3n) is 3.24. The van der Waals surface area contributed by atoms with Gasteiger partial charge in [0.15, 0.2) is 0 Å². The second-order valence-corrected chi connectivity index (χ2v) is 4.21. The SMILES string of the molecule is C#CCC1CC(NCC)CCC1C. The highest BCUT2D eigenvalue weighted by molar-refractivity contribution is 4.92. The minimum atomic E-state index is 0.722. The van der Waals surface area contributed by atoms with E-state index in [0.717, 1.165) is 30.8 Å². The molecule has 0 spiro atoms. The molecule has 0 radical (unpaired) electrons. The van der Waals surface area contributed by atoms with Crippen molar-refractivity contribution in [3.8, 4) is 12.3 Å². The molecule has 0 amide bonds. The van der Waals surface area contributed by atoms with Crippen molar-refractivity contribution in [3.05, 3.63) is 0 Å². The van der Waals surface area contributed by atoms with Gasteiger partial charge in [-0.15, -0.1) is 12.3 Å². The minimum Gasteiger partial charge on any atom is -0.314 e. The molecule has 1 N–H and O–H groups in total. The fourth-order valence-electron chi connectivity index (χ4n) is 2.33. The van der Waals surface area contributed by atoms with E-state index in [1.165, 1.54) is 19.3 Å². The van der Waals surface area contributed by atoms with Crippen LogP contribution in [-0.2, 0) is 0 Å².